The van der Waals surface area contributed by atoms with Gasteiger partial charge in [0.1, 0.15) is 5.76 Å². The number of nitrogens with one attached hydrogen (secondary N) is 1. The molecule has 0 saturated heterocycles. The summed E-state index contributed by atoms with van der Waals surface area (Å²) in [6, 6.07) is 1.85. The van der Waals surface area contributed by atoms with Crippen LogP contribution in [0.3, 0.4) is 0 Å². The smallest absolute Gasteiger partial charge is 0.217 e. The lowest BCUT2D eigenvalue weighted by molar-refractivity contribution is -0.118. The van der Waals surface area contributed by atoms with Crippen molar-refractivity contribution in [2.75, 3.05) is 6.54 Å². The minimum atomic E-state index is -0.258. The normalized spacial score (nSPS) is 10.4. The van der Waals surface area contributed by atoms with Gasteiger partial charge >= 0.3 is 0 Å². The van der Waals surface area contributed by atoms with Crippen LogP contribution >= 0.6 is 15.9 Å². The fraction of sp³-hybridized carbons (Fsp3) is 0.444. The van der Waals surface area contributed by atoms with Gasteiger partial charge in [0.2, 0.25) is 5.91 Å². The highest BCUT2D eigenvalue weighted by molar-refractivity contribution is 9.10. The number of halogens is 1. The molecule has 0 radical (unpaired) electrons. The van der Waals surface area contributed by atoms with Crippen LogP contribution in [0.15, 0.2) is 21.2 Å². The molecule has 14 heavy (non-hydrogen) atoms. The highest BCUT2D eigenvalue weighted by Crippen LogP contribution is 2.16. The van der Waals surface area contributed by atoms with Crippen LogP contribution in [0.2, 0.25) is 0 Å². The molecule has 1 aromatic rings. The summed E-state index contributed by atoms with van der Waals surface area (Å²) in [4.78, 5) is 10.4. The fourth-order valence-electron chi connectivity index (χ4n) is 1.04. The Labute approximate surface area is 91.0 Å². The quantitative estimate of drug-likeness (QED) is 0.760. The van der Waals surface area contributed by atoms with E-state index >= 15 is 0 Å². The van der Waals surface area contributed by atoms with Crippen LogP contribution in [-0.2, 0) is 11.3 Å². The predicted octanol–water partition coefficient (Wildman–Crippen LogP) is 1.40. The first kappa shape index (κ1) is 11.3. The molecule has 0 saturated carbocycles. The molecule has 0 unspecified atom stereocenters. The van der Waals surface area contributed by atoms with E-state index in [1.54, 1.807) is 6.26 Å². The van der Waals surface area contributed by atoms with Crippen LogP contribution in [0.5, 0.6) is 0 Å². The third-order valence-corrected chi connectivity index (χ3v) is 2.46. The zero-order valence-electron chi connectivity index (χ0n) is 7.75. The summed E-state index contributed by atoms with van der Waals surface area (Å²) in [5.74, 6) is 0.607. The molecule has 4 nitrogen and oxygen atoms in total. The first-order valence-electron chi connectivity index (χ1n) is 4.41. The second-order valence-electron chi connectivity index (χ2n) is 2.94. The van der Waals surface area contributed by atoms with Crippen molar-refractivity contribution in [3.05, 3.63) is 22.6 Å². The van der Waals surface area contributed by atoms with E-state index in [-0.39, 0.29) is 5.91 Å². The summed E-state index contributed by atoms with van der Waals surface area (Å²) < 4.78 is 6.15. The molecule has 0 aliphatic carbocycles. The molecule has 0 aliphatic rings. The van der Waals surface area contributed by atoms with E-state index in [9.17, 15) is 4.79 Å². The van der Waals surface area contributed by atoms with E-state index in [2.05, 4.69) is 21.2 Å². The number of hydrogen-bond donors (Lipinski definition) is 2. The molecule has 3 N–H and O–H groups in total. The lowest BCUT2D eigenvalue weighted by Gasteiger charge is -2.01. The SMILES string of the molecule is NC(=O)CCCNCc1occc1Br. The van der Waals surface area contributed by atoms with E-state index < -0.39 is 0 Å². The first-order chi connectivity index (χ1) is 6.70. The molecule has 0 aliphatic heterocycles. The number of carbonyl (C=O) groups is 1. The third-order valence-electron chi connectivity index (χ3n) is 1.75. The zero-order valence-corrected chi connectivity index (χ0v) is 9.34. The molecule has 1 heterocycles. The molecule has 0 bridgehead atoms. The van der Waals surface area contributed by atoms with Crippen molar-refractivity contribution in [2.24, 2.45) is 5.73 Å². The van der Waals surface area contributed by atoms with Gasteiger partial charge in [0.25, 0.3) is 0 Å². The van der Waals surface area contributed by atoms with Gasteiger partial charge in [0.05, 0.1) is 17.3 Å². The molecule has 1 rings (SSSR count). The molecule has 0 spiro atoms. The van der Waals surface area contributed by atoms with Gasteiger partial charge in [0.15, 0.2) is 0 Å². The Bertz CT molecular complexity index is 299. The zero-order chi connectivity index (χ0) is 10.4. The maximum Gasteiger partial charge on any atom is 0.217 e. The highest BCUT2D eigenvalue weighted by Gasteiger charge is 2.01. The van der Waals surface area contributed by atoms with Crippen molar-refractivity contribution >= 4 is 21.8 Å². The molecular weight excluding hydrogens is 248 g/mol. The minimum Gasteiger partial charge on any atom is -0.467 e. The average molecular weight is 261 g/mol. The van der Waals surface area contributed by atoms with Gasteiger partial charge in [-0.2, -0.15) is 0 Å². The summed E-state index contributed by atoms with van der Waals surface area (Å²) in [7, 11) is 0. The summed E-state index contributed by atoms with van der Waals surface area (Å²) in [6.45, 7) is 1.42. The molecule has 0 aromatic carbocycles. The van der Waals surface area contributed by atoms with E-state index in [0.29, 0.717) is 13.0 Å². The lowest BCUT2D eigenvalue weighted by atomic mass is 10.3. The predicted molar refractivity (Wildman–Crippen MR) is 56.5 cm³/mol. The molecule has 78 valence electrons. The highest BCUT2D eigenvalue weighted by atomic mass is 79.9. The van der Waals surface area contributed by atoms with E-state index in [1.807, 2.05) is 6.07 Å². The van der Waals surface area contributed by atoms with Crippen molar-refractivity contribution in [3.8, 4) is 0 Å². The van der Waals surface area contributed by atoms with Crippen LogP contribution in [-0.4, -0.2) is 12.5 Å². The largest absolute Gasteiger partial charge is 0.467 e. The van der Waals surface area contributed by atoms with Gasteiger partial charge in [-0.1, -0.05) is 0 Å². The number of rotatable bonds is 6. The van der Waals surface area contributed by atoms with Gasteiger partial charge in [-0.05, 0) is 35.0 Å². The van der Waals surface area contributed by atoms with Crippen LogP contribution in [0.1, 0.15) is 18.6 Å². The van der Waals surface area contributed by atoms with E-state index in [0.717, 1.165) is 23.2 Å². The summed E-state index contributed by atoms with van der Waals surface area (Å²) in [5, 5.41) is 3.15. The maximum absolute atomic E-state index is 10.4. The second kappa shape index (κ2) is 5.82. The number of nitrogens with two attached hydrogens (primary N) is 1. The Hall–Kier alpha value is -0.810. The topological polar surface area (TPSA) is 68.3 Å². The lowest BCUT2D eigenvalue weighted by Crippen LogP contribution is -2.18. The molecule has 0 fully saturated rings. The van der Waals surface area contributed by atoms with Crippen molar-refractivity contribution < 1.29 is 9.21 Å². The Morgan fingerprint density at radius 1 is 1.64 bits per heavy atom. The average Bonchev–Trinajstić information content (AvgIpc) is 2.51. The standard InChI is InChI=1S/C9H13BrN2O2/c10-7-3-5-14-8(7)6-12-4-1-2-9(11)13/h3,5,12H,1-2,4,6H2,(H2,11,13). The fourth-order valence-corrected chi connectivity index (χ4v) is 1.38. The Balaban J connectivity index is 2.10. The Morgan fingerprint density at radius 3 is 3.00 bits per heavy atom. The molecule has 5 heteroatoms. The number of amides is 1. The number of hydrogen-bond acceptors (Lipinski definition) is 3. The minimum absolute atomic E-state index is 0.258. The van der Waals surface area contributed by atoms with Crippen molar-refractivity contribution in [2.45, 2.75) is 19.4 Å². The molecular formula is C9H13BrN2O2. The van der Waals surface area contributed by atoms with Crippen molar-refractivity contribution in [1.29, 1.82) is 0 Å². The Morgan fingerprint density at radius 2 is 2.43 bits per heavy atom. The van der Waals surface area contributed by atoms with Crippen LogP contribution < -0.4 is 11.1 Å². The molecule has 1 amide bonds. The van der Waals surface area contributed by atoms with Crippen LogP contribution in [0.4, 0.5) is 0 Å². The summed E-state index contributed by atoms with van der Waals surface area (Å²) in [5.41, 5.74) is 5.00. The van der Waals surface area contributed by atoms with Crippen LogP contribution in [0.25, 0.3) is 0 Å². The van der Waals surface area contributed by atoms with E-state index in [1.165, 1.54) is 0 Å². The number of primary amides is 1. The summed E-state index contributed by atoms with van der Waals surface area (Å²) >= 11 is 3.35. The van der Waals surface area contributed by atoms with Gasteiger partial charge in [-0.15, -0.1) is 0 Å². The van der Waals surface area contributed by atoms with Crippen molar-refractivity contribution in [3.63, 3.8) is 0 Å². The van der Waals surface area contributed by atoms with Crippen molar-refractivity contribution in [1.82, 2.24) is 5.32 Å². The van der Waals surface area contributed by atoms with Crippen LogP contribution in [0, 0.1) is 0 Å². The second-order valence-corrected chi connectivity index (χ2v) is 3.79. The third kappa shape index (κ3) is 3.93. The summed E-state index contributed by atoms with van der Waals surface area (Å²) in [6.07, 6.45) is 2.81. The van der Waals surface area contributed by atoms with Gasteiger partial charge in [-0.25, -0.2) is 0 Å². The molecule has 0 atom stereocenters. The number of carbonyl (C=O) groups excluding carboxylic acids is 1. The Kier molecular flexibility index (Phi) is 4.69. The maximum atomic E-state index is 10.4. The molecule has 1 aromatic heterocycles. The van der Waals surface area contributed by atoms with Gasteiger partial charge < -0.3 is 15.5 Å². The van der Waals surface area contributed by atoms with Gasteiger partial charge in [-0.3, -0.25) is 4.79 Å². The first-order valence-corrected chi connectivity index (χ1v) is 5.20. The van der Waals surface area contributed by atoms with E-state index in [4.69, 9.17) is 10.2 Å². The monoisotopic (exact) mass is 260 g/mol. The number of furan rings is 1. The van der Waals surface area contributed by atoms with Gasteiger partial charge in [0, 0.05) is 6.42 Å².